The maximum atomic E-state index is 11.2. The Bertz CT molecular complexity index is 535. The molecule has 0 unspecified atom stereocenters. The number of halogens is 1. The van der Waals surface area contributed by atoms with Gasteiger partial charge in [-0.15, -0.1) is 0 Å². The Kier molecular flexibility index (Phi) is 4.28. The van der Waals surface area contributed by atoms with E-state index in [-0.39, 0.29) is 6.42 Å². The molecular weight excluding hydrogens is 276 g/mol. The van der Waals surface area contributed by atoms with E-state index in [9.17, 15) is 9.90 Å². The third-order valence-corrected chi connectivity index (χ3v) is 4.31. The van der Waals surface area contributed by atoms with Crippen LogP contribution in [0.3, 0.4) is 0 Å². The van der Waals surface area contributed by atoms with E-state index in [0.717, 1.165) is 31.2 Å². The Balaban J connectivity index is 2.65. The van der Waals surface area contributed by atoms with Gasteiger partial charge in [0.2, 0.25) is 0 Å². The van der Waals surface area contributed by atoms with Crippen molar-refractivity contribution in [2.24, 2.45) is 0 Å². The maximum Gasteiger partial charge on any atom is 0.304 e. The molecule has 0 radical (unpaired) electrons. The Morgan fingerprint density at radius 2 is 2.05 bits per heavy atom. The summed E-state index contributed by atoms with van der Waals surface area (Å²) >= 11 is 6.34. The summed E-state index contributed by atoms with van der Waals surface area (Å²) in [6.07, 6.45) is 4.34. The molecule has 3 nitrogen and oxygen atoms in total. The lowest BCUT2D eigenvalue weighted by atomic mass is 9.74. The van der Waals surface area contributed by atoms with Gasteiger partial charge in [-0.25, -0.2) is 0 Å². The smallest absolute Gasteiger partial charge is 0.304 e. The monoisotopic (exact) mass is 296 g/mol. The fourth-order valence-corrected chi connectivity index (χ4v) is 3.53. The fraction of sp³-hybridized carbons (Fsp3) is 0.562. The van der Waals surface area contributed by atoms with Crippen LogP contribution >= 0.6 is 11.6 Å². The normalized spacial score (nSPS) is 14.8. The molecule has 0 aromatic heterocycles. The highest BCUT2D eigenvalue weighted by Gasteiger charge is 2.33. The van der Waals surface area contributed by atoms with Gasteiger partial charge in [0.05, 0.1) is 18.6 Å². The van der Waals surface area contributed by atoms with Gasteiger partial charge in [-0.1, -0.05) is 25.4 Å². The van der Waals surface area contributed by atoms with Gasteiger partial charge in [-0.05, 0) is 42.9 Å². The Morgan fingerprint density at radius 1 is 1.40 bits per heavy atom. The lowest BCUT2D eigenvalue weighted by Crippen LogP contribution is -2.26. The van der Waals surface area contributed by atoms with Gasteiger partial charge in [0.25, 0.3) is 0 Å². The zero-order valence-electron chi connectivity index (χ0n) is 12.3. The van der Waals surface area contributed by atoms with Crippen LogP contribution in [0.25, 0.3) is 0 Å². The average Bonchev–Trinajstić information content (AvgIpc) is 2.35. The molecule has 1 aliphatic carbocycles. The molecule has 4 heteroatoms. The topological polar surface area (TPSA) is 46.5 Å². The summed E-state index contributed by atoms with van der Waals surface area (Å²) in [5, 5.41) is 9.76. The summed E-state index contributed by atoms with van der Waals surface area (Å²) in [6.45, 7) is 3.90. The second-order valence-corrected chi connectivity index (χ2v) is 6.47. The van der Waals surface area contributed by atoms with Crippen molar-refractivity contribution in [3.8, 4) is 5.75 Å². The van der Waals surface area contributed by atoms with Crippen molar-refractivity contribution < 1.29 is 14.6 Å². The minimum Gasteiger partial charge on any atom is -0.495 e. The second-order valence-electron chi connectivity index (χ2n) is 6.07. The third kappa shape index (κ3) is 2.78. The average molecular weight is 297 g/mol. The van der Waals surface area contributed by atoms with Crippen LogP contribution in [0.4, 0.5) is 0 Å². The minimum atomic E-state index is -0.804. The molecule has 0 saturated carbocycles. The van der Waals surface area contributed by atoms with Crippen LogP contribution in [-0.2, 0) is 23.1 Å². The lowest BCUT2D eigenvalue weighted by Gasteiger charge is -2.32. The van der Waals surface area contributed by atoms with Crippen LogP contribution in [0.2, 0.25) is 5.02 Å². The van der Waals surface area contributed by atoms with Crippen LogP contribution in [0.15, 0.2) is 6.07 Å². The van der Waals surface area contributed by atoms with Crippen molar-refractivity contribution in [2.45, 2.75) is 51.4 Å². The first-order valence-corrected chi connectivity index (χ1v) is 7.35. The number of benzene rings is 1. The summed E-state index contributed by atoms with van der Waals surface area (Å²) in [5.41, 5.74) is 2.97. The van der Waals surface area contributed by atoms with E-state index < -0.39 is 11.4 Å². The number of aliphatic carboxylic acids is 1. The Hall–Kier alpha value is -1.22. The highest BCUT2D eigenvalue weighted by Crippen LogP contribution is 2.44. The van der Waals surface area contributed by atoms with Crippen molar-refractivity contribution in [3.05, 3.63) is 27.8 Å². The van der Waals surface area contributed by atoms with Gasteiger partial charge < -0.3 is 9.84 Å². The zero-order chi connectivity index (χ0) is 14.9. The van der Waals surface area contributed by atoms with Gasteiger partial charge in [0.15, 0.2) is 0 Å². The molecule has 1 aromatic carbocycles. The molecule has 0 aliphatic heterocycles. The molecule has 0 saturated heterocycles. The van der Waals surface area contributed by atoms with Gasteiger partial charge in [-0.2, -0.15) is 0 Å². The number of rotatable bonds is 4. The first-order valence-electron chi connectivity index (χ1n) is 6.97. The first kappa shape index (κ1) is 15.2. The SMILES string of the molecule is COc1c(Cl)cc2c(c1C(C)(C)CC(=O)O)CCCC2. The molecule has 1 aliphatic rings. The minimum absolute atomic E-state index is 0.0656. The van der Waals surface area contributed by atoms with E-state index in [2.05, 4.69) is 0 Å². The summed E-state index contributed by atoms with van der Waals surface area (Å²) in [6, 6.07) is 1.98. The number of carbonyl (C=O) groups is 1. The van der Waals surface area contributed by atoms with Crippen LogP contribution < -0.4 is 4.74 Å². The number of methoxy groups -OCH3 is 1. The molecule has 1 N–H and O–H groups in total. The molecule has 2 rings (SSSR count). The molecular formula is C16H21ClO3. The van der Waals surface area contributed by atoms with E-state index in [1.807, 2.05) is 19.9 Å². The predicted octanol–water partition coefficient (Wildman–Crippen LogP) is 3.98. The van der Waals surface area contributed by atoms with Crippen molar-refractivity contribution >= 4 is 17.6 Å². The Labute approximate surface area is 124 Å². The summed E-state index contributed by atoms with van der Waals surface area (Å²) in [5.74, 6) is -0.167. The molecule has 0 bridgehead atoms. The molecule has 0 heterocycles. The van der Waals surface area contributed by atoms with Crippen LogP contribution in [0, 0.1) is 0 Å². The standard InChI is InChI=1S/C16H21ClO3/c1-16(2,9-13(18)19)14-11-7-5-4-6-10(11)8-12(17)15(14)20-3/h8H,4-7,9H2,1-3H3,(H,18,19). The quantitative estimate of drug-likeness (QED) is 0.914. The summed E-state index contributed by atoms with van der Waals surface area (Å²) in [4.78, 5) is 11.2. The lowest BCUT2D eigenvalue weighted by molar-refractivity contribution is -0.138. The van der Waals surface area contributed by atoms with Crippen LogP contribution in [0.5, 0.6) is 5.75 Å². The highest BCUT2D eigenvalue weighted by molar-refractivity contribution is 6.32. The molecule has 0 amide bonds. The van der Waals surface area contributed by atoms with Crippen molar-refractivity contribution in [1.29, 1.82) is 0 Å². The first-order chi connectivity index (χ1) is 9.36. The molecule has 20 heavy (non-hydrogen) atoms. The van der Waals surface area contributed by atoms with Gasteiger partial charge in [-0.3, -0.25) is 4.79 Å². The number of carboxylic acid groups (broad SMARTS) is 1. The number of hydrogen-bond acceptors (Lipinski definition) is 2. The van der Waals surface area contributed by atoms with Crippen molar-refractivity contribution in [1.82, 2.24) is 0 Å². The van der Waals surface area contributed by atoms with E-state index in [0.29, 0.717) is 10.8 Å². The van der Waals surface area contributed by atoms with Crippen LogP contribution in [0.1, 0.15) is 49.8 Å². The number of hydrogen-bond donors (Lipinski definition) is 1. The number of fused-ring (bicyclic) bond motifs is 1. The number of aryl methyl sites for hydroxylation is 1. The molecule has 0 spiro atoms. The molecule has 1 aromatic rings. The van der Waals surface area contributed by atoms with Gasteiger partial charge in [0, 0.05) is 11.0 Å². The van der Waals surface area contributed by atoms with E-state index in [1.165, 1.54) is 11.1 Å². The Morgan fingerprint density at radius 3 is 2.65 bits per heavy atom. The van der Waals surface area contributed by atoms with E-state index >= 15 is 0 Å². The largest absolute Gasteiger partial charge is 0.495 e. The van der Waals surface area contributed by atoms with Gasteiger partial charge >= 0.3 is 5.97 Å². The zero-order valence-corrected chi connectivity index (χ0v) is 13.0. The highest BCUT2D eigenvalue weighted by atomic mass is 35.5. The maximum absolute atomic E-state index is 11.2. The molecule has 110 valence electrons. The van der Waals surface area contributed by atoms with E-state index in [4.69, 9.17) is 16.3 Å². The summed E-state index contributed by atoms with van der Waals surface area (Å²) < 4.78 is 5.49. The third-order valence-electron chi connectivity index (χ3n) is 4.03. The predicted molar refractivity (Wildman–Crippen MR) is 79.9 cm³/mol. The number of carboxylic acids is 1. The fourth-order valence-electron chi connectivity index (χ4n) is 3.23. The summed E-state index contributed by atoms with van der Waals surface area (Å²) in [7, 11) is 1.59. The van der Waals surface area contributed by atoms with Crippen molar-refractivity contribution in [3.63, 3.8) is 0 Å². The second kappa shape index (κ2) is 5.65. The molecule has 0 fully saturated rings. The van der Waals surface area contributed by atoms with Gasteiger partial charge in [0.1, 0.15) is 5.75 Å². The molecule has 0 atom stereocenters. The number of ether oxygens (including phenoxy) is 1. The van der Waals surface area contributed by atoms with Crippen LogP contribution in [-0.4, -0.2) is 18.2 Å². The van der Waals surface area contributed by atoms with Crippen molar-refractivity contribution in [2.75, 3.05) is 7.11 Å². The van der Waals surface area contributed by atoms with E-state index in [1.54, 1.807) is 7.11 Å².